The van der Waals surface area contributed by atoms with Crippen molar-refractivity contribution in [1.29, 1.82) is 0 Å². The van der Waals surface area contributed by atoms with E-state index in [-0.39, 0.29) is 6.54 Å². The first kappa shape index (κ1) is 10.8. The zero-order chi connectivity index (χ0) is 8.91. The lowest BCUT2D eigenvalue weighted by molar-refractivity contribution is -0.926. The summed E-state index contributed by atoms with van der Waals surface area (Å²) in [6, 6.07) is 0. The maximum atomic E-state index is 12.1. The lowest BCUT2D eigenvalue weighted by Gasteiger charge is -2.35. The van der Waals surface area contributed by atoms with Gasteiger partial charge < -0.3 is 4.48 Å². The summed E-state index contributed by atoms with van der Waals surface area (Å²) in [6.45, 7) is 8.32. The van der Waals surface area contributed by atoms with Gasteiger partial charge in [-0.15, -0.1) is 0 Å². The molecule has 0 rings (SSSR count). The second-order valence-corrected chi connectivity index (χ2v) is 2.86. The Hall–Kier alpha value is -0.180. The highest BCUT2D eigenvalue weighted by Gasteiger charge is 2.25. The standard InChI is InChI=1S/C8H18F2N/c1-4-11(5-2,6-3)7-8(9)10/h8H,4-7H2,1-3H3/q+1. The van der Waals surface area contributed by atoms with Crippen molar-refractivity contribution in [3.8, 4) is 0 Å². The Balaban J connectivity index is 4.05. The van der Waals surface area contributed by atoms with Crippen LogP contribution in [0.3, 0.4) is 0 Å². The molecule has 0 aromatic carbocycles. The Morgan fingerprint density at radius 2 is 1.36 bits per heavy atom. The third kappa shape index (κ3) is 3.14. The van der Waals surface area contributed by atoms with Crippen molar-refractivity contribution in [3.63, 3.8) is 0 Å². The maximum absolute atomic E-state index is 12.1. The van der Waals surface area contributed by atoms with Crippen LogP contribution in [0.2, 0.25) is 0 Å². The van der Waals surface area contributed by atoms with Crippen molar-refractivity contribution in [2.45, 2.75) is 27.2 Å². The second-order valence-electron chi connectivity index (χ2n) is 2.86. The Kier molecular flexibility index (Phi) is 4.57. The van der Waals surface area contributed by atoms with E-state index in [2.05, 4.69) is 0 Å². The van der Waals surface area contributed by atoms with Crippen molar-refractivity contribution < 1.29 is 13.3 Å². The van der Waals surface area contributed by atoms with Crippen LogP contribution in [0.1, 0.15) is 20.8 Å². The molecule has 68 valence electrons. The Morgan fingerprint density at radius 1 is 1.00 bits per heavy atom. The first-order valence-corrected chi connectivity index (χ1v) is 4.23. The van der Waals surface area contributed by atoms with Gasteiger partial charge >= 0.3 is 0 Å². The van der Waals surface area contributed by atoms with Crippen LogP contribution in [0.15, 0.2) is 0 Å². The SMILES string of the molecule is CC[N+](CC)(CC)CC(F)F. The lowest BCUT2D eigenvalue weighted by atomic mass is 10.3. The van der Waals surface area contributed by atoms with Crippen LogP contribution in [-0.4, -0.2) is 37.1 Å². The van der Waals surface area contributed by atoms with Gasteiger partial charge in [0.05, 0.1) is 19.6 Å². The first-order chi connectivity index (χ1) is 5.10. The normalized spacial score (nSPS) is 12.5. The van der Waals surface area contributed by atoms with Crippen LogP contribution in [0.25, 0.3) is 0 Å². The topological polar surface area (TPSA) is 0 Å². The van der Waals surface area contributed by atoms with Crippen LogP contribution >= 0.6 is 0 Å². The smallest absolute Gasteiger partial charge is 0.286 e. The van der Waals surface area contributed by atoms with E-state index in [0.717, 1.165) is 19.6 Å². The number of quaternary nitrogens is 1. The largest absolute Gasteiger partial charge is 0.320 e. The number of alkyl halides is 2. The molecule has 1 nitrogen and oxygen atoms in total. The lowest BCUT2D eigenvalue weighted by Crippen LogP contribution is -2.50. The monoisotopic (exact) mass is 166 g/mol. The highest BCUT2D eigenvalue weighted by Crippen LogP contribution is 2.09. The van der Waals surface area contributed by atoms with Gasteiger partial charge in [0, 0.05) is 0 Å². The van der Waals surface area contributed by atoms with E-state index in [1.54, 1.807) is 0 Å². The fraction of sp³-hybridized carbons (Fsp3) is 1.00. The molecular formula is C8H18F2N+. The van der Waals surface area contributed by atoms with Gasteiger partial charge in [-0.1, -0.05) is 0 Å². The summed E-state index contributed by atoms with van der Waals surface area (Å²) in [6.07, 6.45) is -2.17. The molecule has 0 radical (unpaired) electrons. The highest BCUT2D eigenvalue weighted by molar-refractivity contribution is 4.40. The molecule has 0 bridgehead atoms. The molecule has 0 aliphatic heterocycles. The van der Waals surface area contributed by atoms with E-state index >= 15 is 0 Å². The third-order valence-electron chi connectivity index (χ3n) is 2.54. The zero-order valence-electron chi connectivity index (χ0n) is 7.61. The van der Waals surface area contributed by atoms with Gasteiger partial charge in [0.25, 0.3) is 6.43 Å². The van der Waals surface area contributed by atoms with E-state index in [4.69, 9.17) is 0 Å². The molecule has 0 aromatic heterocycles. The molecule has 0 heterocycles. The summed E-state index contributed by atoms with van der Waals surface area (Å²) in [4.78, 5) is 0. The Bertz CT molecular complexity index is 92.0. The van der Waals surface area contributed by atoms with Gasteiger partial charge in [0.2, 0.25) is 0 Å². The summed E-state index contributed by atoms with van der Waals surface area (Å²) in [7, 11) is 0. The molecule has 0 spiro atoms. The fourth-order valence-corrected chi connectivity index (χ4v) is 1.35. The van der Waals surface area contributed by atoms with Crippen molar-refractivity contribution >= 4 is 0 Å². The maximum Gasteiger partial charge on any atom is 0.286 e. The molecule has 0 aliphatic carbocycles. The van der Waals surface area contributed by atoms with Gasteiger partial charge in [-0.25, -0.2) is 8.78 Å². The molecule has 0 fully saturated rings. The van der Waals surface area contributed by atoms with Gasteiger partial charge in [-0.2, -0.15) is 0 Å². The average Bonchev–Trinajstić information content (AvgIpc) is 2.00. The van der Waals surface area contributed by atoms with E-state index in [9.17, 15) is 8.78 Å². The molecule has 0 unspecified atom stereocenters. The quantitative estimate of drug-likeness (QED) is 0.549. The summed E-state index contributed by atoms with van der Waals surface area (Å²) in [5.41, 5.74) is 0. The van der Waals surface area contributed by atoms with Crippen molar-refractivity contribution in [2.24, 2.45) is 0 Å². The molecule has 0 aromatic rings. The molecule has 0 atom stereocenters. The minimum atomic E-state index is -2.17. The number of halogens is 2. The summed E-state index contributed by atoms with van der Waals surface area (Å²) >= 11 is 0. The number of hydrogen-bond acceptors (Lipinski definition) is 0. The van der Waals surface area contributed by atoms with Crippen LogP contribution in [0, 0.1) is 0 Å². The van der Waals surface area contributed by atoms with Gasteiger partial charge in [-0.3, -0.25) is 0 Å². The van der Waals surface area contributed by atoms with E-state index in [1.807, 2.05) is 20.8 Å². The van der Waals surface area contributed by atoms with Crippen molar-refractivity contribution in [3.05, 3.63) is 0 Å². The number of hydrogen-bond donors (Lipinski definition) is 0. The summed E-state index contributed by atoms with van der Waals surface area (Å²) in [5.74, 6) is 0. The third-order valence-corrected chi connectivity index (χ3v) is 2.54. The highest BCUT2D eigenvalue weighted by atomic mass is 19.3. The van der Waals surface area contributed by atoms with E-state index in [1.165, 1.54) is 0 Å². The molecule has 0 saturated carbocycles. The molecule has 0 N–H and O–H groups in total. The predicted octanol–water partition coefficient (Wildman–Crippen LogP) is 2.13. The predicted molar refractivity (Wildman–Crippen MR) is 42.8 cm³/mol. The first-order valence-electron chi connectivity index (χ1n) is 4.23. The van der Waals surface area contributed by atoms with Gasteiger partial charge in [-0.05, 0) is 20.8 Å². The van der Waals surface area contributed by atoms with Crippen LogP contribution in [-0.2, 0) is 0 Å². The molecule has 0 aliphatic rings. The average molecular weight is 166 g/mol. The minimum Gasteiger partial charge on any atom is -0.320 e. The zero-order valence-corrected chi connectivity index (χ0v) is 7.61. The summed E-state index contributed by atoms with van der Waals surface area (Å²) < 4.78 is 24.7. The van der Waals surface area contributed by atoms with Gasteiger partial charge in [0.15, 0.2) is 0 Å². The van der Waals surface area contributed by atoms with E-state index < -0.39 is 6.43 Å². The van der Waals surface area contributed by atoms with E-state index in [0.29, 0.717) is 4.48 Å². The summed E-state index contributed by atoms with van der Waals surface area (Å²) in [5, 5.41) is 0. The Labute approximate surface area is 67.6 Å². The number of rotatable bonds is 5. The van der Waals surface area contributed by atoms with Crippen LogP contribution < -0.4 is 0 Å². The second kappa shape index (κ2) is 4.65. The van der Waals surface area contributed by atoms with Crippen molar-refractivity contribution in [2.75, 3.05) is 26.2 Å². The molecule has 0 amide bonds. The molecule has 11 heavy (non-hydrogen) atoms. The minimum absolute atomic E-state index is 0.00347. The fourth-order valence-electron chi connectivity index (χ4n) is 1.35. The van der Waals surface area contributed by atoms with Gasteiger partial charge in [0.1, 0.15) is 6.54 Å². The van der Waals surface area contributed by atoms with Crippen LogP contribution in [0.4, 0.5) is 8.78 Å². The molecule has 0 saturated heterocycles. The number of nitrogens with zero attached hydrogens (tertiary/aromatic N) is 1. The Morgan fingerprint density at radius 3 is 1.45 bits per heavy atom. The molecular weight excluding hydrogens is 148 g/mol. The van der Waals surface area contributed by atoms with Crippen molar-refractivity contribution in [1.82, 2.24) is 0 Å². The molecule has 3 heteroatoms. The van der Waals surface area contributed by atoms with Crippen LogP contribution in [0.5, 0.6) is 0 Å².